The van der Waals surface area contributed by atoms with Crippen molar-refractivity contribution in [1.29, 1.82) is 0 Å². The molecular weight excluding hydrogens is 312 g/mol. The smallest absolute Gasteiger partial charge is 0.0883 e. The molecule has 7 atom stereocenters. The Morgan fingerprint density at radius 2 is 1.68 bits per heavy atom. The number of rotatable bonds is 4. The molecule has 0 aliphatic heterocycles. The minimum absolute atomic E-state index is 0.307. The van der Waals surface area contributed by atoms with Crippen LogP contribution in [0.15, 0.2) is 0 Å². The lowest BCUT2D eigenvalue weighted by Crippen LogP contribution is -2.59. The van der Waals surface area contributed by atoms with Gasteiger partial charge in [-0.1, -0.05) is 13.3 Å². The van der Waals surface area contributed by atoms with Crippen molar-refractivity contribution in [3.63, 3.8) is 0 Å². The highest BCUT2D eigenvalue weighted by Crippen LogP contribution is 2.67. The van der Waals surface area contributed by atoms with Crippen molar-refractivity contribution in [2.75, 3.05) is 27.4 Å². The van der Waals surface area contributed by atoms with Crippen LogP contribution in [-0.4, -0.2) is 38.1 Å². The molecule has 0 aromatic heterocycles. The van der Waals surface area contributed by atoms with Crippen molar-refractivity contribution in [3.05, 3.63) is 0 Å². The summed E-state index contributed by atoms with van der Waals surface area (Å²) < 4.78 is 11.2. The van der Waals surface area contributed by atoms with Gasteiger partial charge in [0.05, 0.1) is 18.8 Å². The van der Waals surface area contributed by atoms with Crippen LogP contribution in [0.4, 0.5) is 0 Å². The normalized spacial score (nSPS) is 52.3. The van der Waals surface area contributed by atoms with Crippen molar-refractivity contribution >= 4 is 0 Å². The maximum Gasteiger partial charge on any atom is 0.0883 e. The number of fused-ring (bicyclic) bond motifs is 5. The predicted molar refractivity (Wildman–Crippen MR) is 99.4 cm³/mol. The molecule has 4 saturated carbocycles. The molecule has 3 nitrogen and oxygen atoms in total. The van der Waals surface area contributed by atoms with Gasteiger partial charge in [-0.15, -0.1) is 0 Å². The molecule has 4 aliphatic carbocycles. The van der Waals surface area contributed by atoms with E-state index in [2.05, 4.69) is 6.92 Å². The second-order valence-corrected chi connectivity index (χ2v) is 10.3. The van der Waals surface area contributed by atoms with Crippen molar-refractivity contribution in [2.45, 2.75) is 76.7 Å². The van der Waals surface area contributed by atoms with Crippen molar-refractivity contribution in [2.24, 2.45) is 34.5 Å². The summed E-state index contributed by atoms with van der Waals surface area (Å²) in [6.07, 6.45) is 12.7. The summed E-state index contributed by atoms with van der Waals surface area (Å²) in [7, 11) is 3.60. The first-order valence-corrected chi connectivity index (χ1v) is 10.7. The average molecular weight is 351 g/mol. The molecule has 0 saturated heterocycles. The van der Waals surface area contributed by atoms with Crippen LogP contribution in [0.1, 0.15) is 71.1 Å². The standard InChI is InChI=1S/C22H38O3/c1-20-9-4-5-18(20)17-7-6-16-13-21(23,14-24-2)11-12-22(16,15-25-3)19(17)8-10-20/h16-19,23H,4-15H2,1-3H3/t16-,17+,18+,19+,20+,21-,22-/m1/s1. The molecule has 4 rings (SSSR count). The van der Waals surface area contributed by atoms with Gasteiger partial charge in [-0.3, -0.25) is 0 Å². The van der Waals surface area contributed by atoms with Crippen LogP contribution >= 0.6 is 0 Å². The molecule has 0 heterocycles. The van der Waals surface area contributed by atoms with Crippen LogP contribution in [-0.2, 0) is 9.47 Å². The summed E-state index contributed by atoms with van der Waals surface area (Å²) in [5, 5.41) is 11.0. The molecule has 25 heavy (non-hydrogen) atoms. The summed E-state index contributed by atoms with van der Waals surface area (Å²) in [6, 6.07) is 0. The van der Waals surface area contributed by atoms with Crippen LogP contribution in [0.5, 0.6) is 0 Å². The van der Waals surface area contributed by atoms with Gasteiger partial charge >= 0.3 is 0 Å². The van der Waals surface area contributed by atoms with Gasteiger partial charge in [0.2, 0.25) is 0 Å². The van der Waals surface area contributed by atoms with E-state index >= 15 is 0 Å². The van der Waals surface area contributed by atoms with Crippen LogP contribution in [0, 0.1) is 34.5 Å². The molecule has 0 bridgehead atoms. The Kier molecular flexibility index (Phi) is 4.74. The quantitative estimate of drug-likeness (QED) is 0.815. The first kappa shape index (κ1) is 18.3. The van der Waals surface area contributed by atoms with Gasteiger partial charge in [0.1, 0.15) is 0 Å². The summed E-state index contributed by atoms with van der Waals surface area (Å²) in [4.78, 5) is 0. The predicted octanol–water partition coefficient (Wildman–Crippen LogP) is 4.42. The Labute approximate surface area is 153 Å². The summed E-state index contributed by atoms with van der Waals surface area (Å²) in [6.45, 7) is 3.96. The van der Waals surface area contributed by atoms with E-state index in [0.717, 1.165) is 43.6 Å². The number of hydrogen-bond acceptors (Lipinski definition) is 3. The van der Waals surface area contributed by atoms with Gasteiger partial charge in [-0.2, -0.15) is 0 Å². The third-order valence-corrected chi connectivity index (χ3v) is 9.13. The molecule has 1 N–H and O–H groups in total. The van der Waals surface area contributed by atoms with Crippen molar-refractivity contribution in [3.8, 4) is 0 Å². The average Bonchev–Trinajstić information content (AvgIpc) is 2.97. The number of aliphatic hydroxyl groups is 1. The molecular formula is C22H38O3. The lowest BCUT2D eigenvalue weighted by Gasteiger charge is -2.62. The van der Waals surface area contributed by atoms with E-state index in [1.165, 1.54) is 44.9 Å². The minimum Gasteiger partial charge on any atom is -0.387 e. The number of hydrogen-bond donors (Lipinski definition) is 1. The highest BCUT2D eigenvalue weighted by Gasteiger charge is 2.61. The third kappa shape index (κ3) is 2.80. The van der Waals surface area contributed by atoms with E-state index in [0.29, 0.717) is 23.4 Å². The molecule has 0 unspecified atom stereocenters. The van der Waals surface area contributed by atoms with E-state index in [-0.39, 0.29) is 0 Å². The molecule has 144 valence electrons. The minimum atomic E-state index is -0.611. The number of methoxy groups -OCH3 is 2. The molecule has 0 aromatic carbocycles. The Hall–Kier alpha value is -0.120. The van der Waals surface area contributed by atoms with Gasteiger partial charge in [0.15, 0.2) is 0 Å². The third-order valence-electron chi connectivity index (χ3n) is 9.13. The summed E-state index contributed by atoms with van der Waals surface area (Å²) >= 11 is 0. The zero-order valence-electron chi connectivity index (χ0n) is 16.6. The fourth-order valence-corrected chi connectivity index (χ4v) is 8.07. The SMILES string of the molecule is COC[C@@]1(O)CC[C@@]2(COC)[C@H](CC[C@H]3[C@@H]4CCC[C@@]4(C)CC[C@@H]32)C1. The second-order valence-electron chi connectivity index (χ2n) is 10.3. The highest BCUT2D eigenvalue weighted by molar-refractivity contribution is 5.10. The fraction of sp³-hybridized carbons (Fsp3) is 1.00. The van der Waals surface area contributed by atoms with Crippen LogP contribution < -0.4 is 0 Å². The maximum atomic E-state index is 11.0. The largest absolute Gasteiger partial charge is 0.387 e. The number of ether oxygens (including phenoxy) is 2. The van der Waals surface area contributed by atoms with E-state index in [1.54, 1.807) is 7.11 Å². The zero-order chi connectivity index (χ0) is 17.7. The molecule has 0 amide bonds. The molecule has 0 aromatic rings. The second kappa shape index (κ2) is 6.49. The Morgan fingerprint density at radius 3 is 2.44 bits per heavy atom. The van der Waals surface area contributed by atoms with Gasteiger partial charge in [0, 0.05) is 14.2 Å². The molecule has 4 aliphatic rings. The van der Waals surface area contributed by atoms with E-state index in [1.807, 2.05) is 7.11 Å². The van der Waals surface area contributed by atoms with Crippen LogP contribution in [0.25, 0.3) is 0 Å². The summed E-state index contributed by atoms with van der Waals surface area (Å²) in [5.41, 5.74) is 0.315. The van der Waals surface area contributed by atoms with Crippen molar-refractivity contribution < 1.29 is 14.6 Å². The highest BCUT2D eigenvalue weighted by atomic mass is 16.5. The molecule has 0 spiro atoms. The lowest BCUT2D eigenvalue weighted by atomic mass is 9.44. The molecule has 3 heteroatoms. The topological polar surface area (TPSA) is 38.7 Å². The van der Waals surface area contributed by atoms with Gasteiger partial charge < -0.3 is 14.6 Å². The Bertz CT molecular complexity index is 494. The lowest BCUT2D eigenvalue weighted by molar-refractivity contribution is -0.184. The van der Waals surface area contributed by atoms with Crippen molar-refractivity contribution in [1.82, 2.24) is 0 Å². The first-order chi connectivity index (χ1) is 12.0. The van der Waals surface area contributed by atoms with Gasteiger partial charge in [0.25, 0.3) is 0 Å². The fourth-order valence-electron chi connectivity index (χ4n) is 8.07. The van der Waals surface area contributed by atoms with Crippen LogP contribution in [0.2, 0.25) is 0 Å². The van der Waals surface area contributed by atoms with Gasteiger partial charge in [-0.25, -0.2) is 0 Å². The first-order valence-electron chi connectivity index (χ1n) is 10.7. The van der Waals surface area contributed by atoms with Gasteiger partial charge in [-0.05, 0) is 92.3 Å². The summed E-state index contributed by atoms with van der Waals surface area (Å²) in [5.74, 6) is 3.27. The monoisotopic (exact) mass is 350 g/mol. The van der Waals surface area contributed by atoms with E-state index in [9.17, 15) is 5.11 Å². The maximum absolute atomic E-state index is 11.0. The van der Waals surface area contributed by atoms with E-state index in [4.69, 9.17) is 9.47 Å². The molecule has 4 fully saturated rings. The zero-order valence-corrected chi connectivity index (χ0v) is 16.6. The molecule has 0 radical (unpaired) electrons. The Balaban J connectivity index is 1.61. The van der Waals surface area contributed by atoms with E-state index < -0.39 is 5.60 Å². The Morgan fingerprint density at radius 1 is 0.880 bits per heavy atom. The van der Waals surface area contributed by atoms with Crippen LogP contribution in [0.3, 0.4) is 0 Å².